The van der Waals surface area contributed by atoms with Crippen molar-refractivity contribution >= 4 is 23.3 Å². The third-order valence-corrected chi connectivity index (χ3v) is 7.10. The van der Waals surface area contributed by atoms with Crippen LogP contribution in [0.15, 0.2) is 54.7 Å². The quantitative estimate of drug-likeness (QED) is 0.327. The molecule has 0 atom stereocenters. The van der Waals surface area contributed by atoms with E-state index in [4.69, 9.17) is 25.3 Å². The van der Waals surface area contributed by atoms with Crippen molar-refractivity contribution in [3.63, 3.8) is 0 Å². The van der Waals surface area contributed by atoms with Gasteiger partial charge >= 0.3 is 5.97 Å². The van der Waals surface area contributed by atoms with Gasteiger partial charge in [0.05, 0.1) is 25.5 Å². The summed E-state index contributed by atoms with van der Waals surface area (Å²) in [6, 6.07) is 16.1. The summed E-state index contributed by atoms with van der Waals surface area (Å²) >= 11 is 0. The molecule has 2 fully saturated rings. The first-order chi connectivity index (χ1) is 19.6. The topological polar surface area (TPSA) is 129 Å². The number of aliphatic carboxylic acids is 1. The van der Waals surface area contributed by atoms with Crippen molar-refractivity contribution in [1.82, 2.24) is 19.8 Å². The summed E-state index contributed by atoms with van der Waals surface area (Å²) in [6.07, 6.45) is 1.75. The molecule has 3 heterocycles. The molecule has 2 aromatic carbocycles. The standard InChI is InChI=1S/C29H37N7O4/c30-8-16-40-25-4-1-22(2-5-25)26-7-9-31-29(33-26)32-24-3-6-27(36-14-17-39-18-15-36)23(19-24)20-34-10-12-35(13-11-34)21-28(37)38/h1-7,9,19H,8,10-18,20-21,30H2,(H,37,38)(H,31,32,33). The van der Waals surface area contributed by atoms with Gasteiger partial charge in [0, 0.05) is 75.5 Å². The Hall–Kier alpha value is -3.77. The fraction of sp³-hybridized carbons (Fsp3) is 0.414. The highest BCUT2D eigenvalue weighted by Crippen LogP contribution is 2.29. The average Bonchev–Trinajstić information content (AvgIpc) is 2.98. The molecule has 2 aliphatic heterocycles. The van der Waals surface area contributed by atoms with E-state index in [1.807, 2.05) is 35.2 Å². The number of carboxylic acids is 1. The summed E-state index contributed by atoms with van der Waals surface area (Å²) in [5.41, 5.74) is 10.6. The van der Waals surface area contributed by atoms with E-state index in [0.717, 1.165) is 68.5 Å². The van der Waals surface area contributed by atoms with Gasteiger partial charge in [-0.15, -0.1) is 0 Å². The van der Waals surface area contributed by atoms with E-state index in [-0.39, 0.29) is 6.54 Å². The molecule has 0 radical (unpaired) electrons. The smallest absolute Gasteiger partial charge is 0.317 e. The Labute approximate surface area is 234 Å². The fourth-order valence-electron chi connectivity index (χ4n) is 5.05. The largest absolute Gasteiger partial charge is 0.492 e. The lowest BCUT2D eigenvalue weighted by Crippen LogP contribution is -2.47. The number of aromatic nitrogens is 2. The summed E-state index contributed by atoms with van der Waals surface area (Å²) < 4.78 is 11.2. The Morgan fingerprint density at radius 1 is 1.00 bits per heavy atom. The van der Waals surface area contributed by atoms with Crippen LogP contribution >= 0.6 is 0 Å². The predicted molar refractivity (Wildman–Crippen MR) is 154 cm³/mol. The number of carboxylic acid groups (broad SMARTS) is 1. The van der Waals surface area contributed by atoms with Gasteiger partial charge < -0.3 is 30.5 Å². The molecule has 0 aliphatic carbocycles. The van der Waals surface area contributed by atoms with Crippen LogP contribution in [0.4, 0.5) is 17.3 Å². The molecule has 5 rings (SSSR count). The van der Waals surface area contributed by atoms with Crippen molar-refractivity contribution in [3.05, 3.63) is 60.3 Å². The van der Waals surface area contributed by atoms with Crippen molar-refractivity contribution in [2.24, 2.45) is 5.73 Å². The number of benzene rings is 2. The summed E-state index contributed by atoms with van der Waals surface area (Å²) in [6.45, 7) is 8.12. The second kappa shape index (κ2) is 13.5. The van der Waals surface area contributed by atoms with E-state index in [0.29, 0.717) is 32.3 Å². The number of anilines is 3. The van der Waals surface area contributed by atoms with E-state index < -0.39 is 5.97 Å². The molecule has 2 aliphatic rings. The maximum atomic E-state index is 11.1. The summed E-state index contributed by atoms with van der Waals surface area (Å²) in [7, 11) is 0. The maximum absolute atomic E-state index is 11.1. The van der Waals surface area contributed by atoms with Crippen LogP contribution < -0.4 is 20.7 Å². The number of hydrogen-bond acceptors (Lipinski definition) is 10. The van der Waals surface area contributed by atoms with E-state index in [9.17, 15) is 4.79 Å². The van der Waals surface area contributed by atoms with Gasteiger partial charge in [-0.2, -0.15) is 0 Å². The Kier molecular flexibility index (Phi) is 9.40. The van der Waals surface area contributed by atoms with Crippen molar-refractivity contribution < 1.29 is 19.4 Å². The van der Waals surface area contributed by atoms with Crippen LogP contribution in [0.1, 0.15) is 5.56 Å². The monoisotopic (exact) mass is 547 g/mol. The van der Waals surface area contributed by atoms with Crippen LogP contribution in [0.5, 0.6) is 5.75 Å². The molecule has 212 valence electrons. The van der Waals surface area contributed by atoms with Crippen LogP contribution in [0, 0.1) is 0 Å². The maximum Gasteiger partial charge on any atom is 0.317 e. The van der Waals surface area contributed by atoms with Gasteiger partial charge in [-0.05, 0) is 54.1 Å². The number of morpholine rings is 1. The average molecular weight is 548 g/mol. The van der Waals surface area contributed by atoms with Gasteiger partial charge in [-0.25, -0.2) is 9.97 Å². The molecule has 3 aromatic rings. The molecular weight excluding hydrogens is 510 g/mol. The van der Waals surface area contributed by atoms with Gasteiger partial charge in [-0.3, -0.25) is 14.6 Å². The van der Waals surface area contributed by atoms with Crippen LogP contribution in [0.25, 0.3) is 11.3 Å². The molecule has 4 N–H and O–H groups in total. The highest BCUT2D eigenvalue weighted by molar-refractivity contribution is 5.69. The number of nitrogens with one attached hydrogen (secondary N) is 1. The number of ether oxygens (including phenoxy) is 2. The minimum Gasteiger partial charge on any atom is -0.492 e. The molecule has 0 saturated carbocycles. The second-order valence-electron chi connectivity index (χ2n) is 9.94. The third-order valence-electron chi connectivity index (χ3n) is 7.10. The van der Waals surface area contributed by atoms with Gasteiger partial charge in [0.15, 0.2) is 0 Å². The first-order valence-corrected chi connectivity index (χ1v) is 13.7. The molecular formula is C29H37N7O4. The number of hydrogen-bond donors (Lipinski definition) is 3. The minimum absolute atomic E-state index is 0.0948. The van der Waals surface area contributed by atoms with Gasteiger partial charge in [0.2, 0.25) is 5.95 Å². The first kappa shape index (κ1) is 27.8. The lowest BCUT2D eigenvalue weighted by atomic mass is 10.1. The molecule has 0 unspecified atom stereocenters. The van der Waals surface area contributed by atoms with E-state index in [1.54, 1.807) is 6.20 Å². The summed E-state index contributed by atoms with van der Waals surface area (Å²) in [5.74, 6) is 0.521. The normalized spacial score (nSPS) is 16.6. The van der Waals surface area contributed by atoms with Crippen LogP contribution in [-0.4, -0.2) is 103 Å². The first-order valence-electron chi connectivity index (χ1n) is 13.7. The number of piperazine rings is 1. The van der Waals surface area contributed by atoms with Crippen molar-refractivity contribution in [3.8, 4) is 17.0 Å². The zero-order chi connectivity index (χ0) is 27.7. The van der Waals surface area contributed by atoms with Gasteiger partial charge in [-0.1, -0.05) is 0 Å². The Bertz CT molecular complexity index is 1260. The number of rotatable bonds is 11. The number of nitrogens with zero attached hydrogens (tertiary/aromatic N) is 5. The molecule has 2 saturated heterocycles. The SMILES string of the molecule is NCCOc1ccc(-c2ccnc(Nc3ccc(N4CCOCC4)c(CN4CCN(CC(=O)O)CC4)c3)n2)cc1. The van der Waals surface area contributed by atoms with Crippen molar-refractivity contribution in [2.45, 2.75) is 6.54 Å². The van der Waals surface area contributed by atoms with Gasteiger partial charge in [0.1, 0.15) is 12.4 Å². The summed E-state index contributed by atoms with van der Waals surface area (Å²) in [4.78, 5) is 27.1. The van der Waals surface area contributed by atoms with Gasteiger partial charge in [0.25, 0.3) is 0 Å². The van der Waals surface area contributed by atoms with Crippen LogP contribution in [-0.2, 0) is 16.1 Å². The molecule has 40 heavy (non-hydrogen) atoms. The third kappa shape index (κ3) is 7.45. The zero-order valence-corrected chi connectivity index (χ0v) is 22.7. The molecule has 0 spiro atoms. The predicted octanol–water partition coefficient (Wildman–Crippen LogP) is 2.26. The number of nitrogens with two attached hydrogens (primary N) is 1. The van der Waals surface area contributed by atoms with E-state index >= 15 is 0 Å². The Balaban J connectivity index is 1.31. The Morgan fingerprint density at radius 3 is 2.48 bits per heavy atom. The Morgan fingerprint density at radius 2 is 1.75 bits per heavy atom. The van der Waals surface area contributed by atoms with Crippen molar-refractivity contribution in [1.29, 1.82) is 0 Å². The number of carbonyl (C=O) groups is 1. The molecule has 11 heteroatoms. The van der Waals surface area contributed by atoms with E-state index in [1.165, 1.54) is 11.3 Å². The highest BCUT2D eigenvalue weighted by Gasteiger charge is 2.22. The summed E-state index contributed by atoms with van der Waals surface area (Å²) in [5, 5.41) is 12.5. The lowest BCUT2D eigenvalue weighted by Gasteiger charge is -2.36. The molecule has 0 bridgehead atoms. The minimum atomic E-state index is -0.776. The molecule has 11 nitrogen and oxygen atoms in total. The van der Waals surface area contributed by atoms with E-state index in [2.05, 4.69) is 38.3 Å². The molecule has 0 amide bonds. The van der Waals surface area contributed by atoms with Crippen LogP contribution in [0.2, 0.25) is 0 Å². The fourth-order valence-corrected chi connectivity index (χ4v) is 5.05. The second-order valence-corrected chi connectivity index (χ2v) is 9.94. The van der Waals surface area contributed by atoms with Crippen molar-refractivity contribution in [2.75, 3.05) is 82.4 Å². The lowest BCUT2D eigenvalue weighted by molar-refractivity contribution is -0.138. The highest BCUT2D eigenvalue weighted by atomic mass is 16.5. The van der Waals surface area contributed by atoms with Crippen LogP contribution in [0.3, 0.4) is 0 Å². The zero-order valence-electron chi connectivity index (χ0n) is 22.7. The molecule has 1 aromatic heterocycles.